The minimum absolute atomic E-state index is 0.222. The quantitative estimate of drug-likeness (QED) is 0.188. The van der Waals surface area contributed by atoms with Gasteiger partial charge in [-0.3, -0.25) is 9.36 Å². The average molecular weight is 409 g/mol. The van der Waals surface area contributed by atoms with E-state index >= 15 is 0 Å². The van der Waals surface area contributed by atoms with Gasteiger partial charge in [0.15, 0.2) is 0 Å². The van der Waals surface area contributed by atoms with Gasteiger partial charge < -0.3 is 14.2 Å². The Morgan fingerprint density at radius 2 is 1.04 bits per heavy atom. The van der Waals surface area contributed by atoms with Crippen molar-refractivity contribution in [2.24, 2.45) is 0 Å². The van der Waals surface area contributed by atoms with Crippen molar-refractivity contribution in [1.29, 1.82) is 0 Å². The largest absolute Gasteiger partial charge is 0.481 e. The fraction of sp³-hybridized carbons (Fsp3) is 0.952. The van der Waals surface area contributed by atoms with Gasteiger partial charge in [-0.2, -0.15) is 0 Å². The molecule has 0 aliphatic carbocycles. The second-order valence-corrected chi connectivity index (χ2v) is 9.25. The summed E-state index contributed by atoms with van der Waals surface area (Å²) in [6.07, 6.45) is 15.3. The van der Waals surface area contributed by atoms with Crippen molar-refractivity contribution >= 4 is 13.6 Å². The molecule has 0 spiro atoms. The lowest BCUT2D eigenvalue weighted by Gasteiger charge is -2.17. The highest BCUT2D eigenvalue weighted by Crippen LogP contribution is 2.47. The molecule has 0 atom stereocenters. The number of aliphatic carboxylic acids is 1. The standard InChI is InChI=1S/C18H39O3P.C3H6O2/c1-4-7-9-11-13-15-17-20-22(19,6-3)21-18-16-14-12-10-8-5-2;1-2-3(4)5/h4-18H2,1-3H3;2H2,1H3,(H,4,5). The Balaban J connectivity index is 0. The topological polar surface area (TPSA) is 72.8 Å². The minimum Gasteiger partial charge on any atom is -0.481 e. The number of carbonyl (C=O) groups is 1. The van der Waals surface area contributed by atoms with Gasteiger partial charge in [0, 0.05) is 12.6 Å². The summed E-state index contributed by atoms with van der Waals surface area (Å²) >= 11 is 0. The highest BCUT2D eigenvalue weighted by atomic mass is 31.2. The fourth-order valence-electron chi connectivity index (χ4n) is 2.39. The van der Waals surface area contributed by atoms with Crippen LogP contribution >= 0.6 is 7.60 Å². The molecule has 0 aliphatic rings. The summed E-state index contributed by atoms with van der Waals surface area (Å²) in [7, 11) is -2.82. The molecular formula is C21H45O5P. The zero-order valence-electron chi connectivity index (χ0n) is 18.3. The number of hydrogen-bond acceptors (Lipinski definition) is 4. The van der Waals surface area contributed by atoms with Crippen LogP contribution in [0.1, 0.15) is 111 Å². The molecule has 0 rings (SSSR count). The van der Waals surface area contributed by atoms with Gasteiger partial charge in [0.25, 0.3) is 0 Å². The summed E-state index contributed by atoms with van der Waals surface area (Å²) < 4.78 is 23.5. The van der Waals surface area contributed by atoms with E-state index in [1.54, 1.807) is 6.92 Å². The van der Waals surface area contributed by atoms with Crippen molar-refractivity contribution in [1.82, 2.24) is 0 Å². The SMILES string of the molecule is CCC(=O)O.CCCCCCCCOP(=O)(CC)OCCCCCCCC. The maximum Gasteiger partial charge on any atom is 0.330 e. The normalized spacial score (nSPS) is 11.1. The first-order chi connectivity index (χ1) is 13.0. The van der Waals surface area contributed by atoms with Crippen molar-refractivity contribution < 1.29 is 23.5 Å². The summed E-state index contributed by atoms with van der Waals surface area (Å²) in [5.74, 6) is -0.745. The molecule has 0 unspecified atom stereocenters. The summed E-state index contributed by atoms with van der Waals surface area (Å²) in [5.41, 5.74) is 0. The summed E-state index contributed by atoms with van der Waals surface area (Å²) in [6, 6.07) is 0. The summed E-state index contributed by atoms with van der Waals surface area (Å²) in [4.78, 5) is 9.37. The zero-order chi connectivity index (χ0) is 20.8. The molecule has 0 amide bonds. The first-order valence-electron chi connectivity index (χ1n) is 11.1. The van der Waals surface area contributed by atoms with Gasteiger partial charge in [-0.25, -0.2) is 0 Å². The Morgan fingerprint density at radius 3 is 1.33 bits per heavy atom. The van der Waals surface area contributed by atoms with Crippen LogP contribution in [0.4, 0.5) is 0 Å². The molecular weight excluding hydrogens is 363 g/mol. The summed E-state index contributed by atoms with van der Waals surface area (Å²) in [5, 5.41) is 7.72. The van der Waals surface area contributed by atoms with E-state index < -0.39 is 13.6 Å². The first kappa shape index (κ1) is 28.8. The lowest BCUT2D eigenvalue weighted by molar-refractivity contribution is -0.136. The number of unbranched alkanes of at least 4 members (excludes halogenated alkanes) is 10. The molecule has 5 nitrogen and oxygen atoms in total. The van der Waals surface area contributed by atoms with Crippen molar-refractivity contribution in [3.63, 3.8) is 0 Å². The molecule has 0 radical (unpaired) electrons. The van der Waals surface area contributed by atoms with E-state index in [-0.39, 0.29) is 6.42 Å². The molecule has 0 heterocycles. The van der Waals surface area contributed by atoms with Crippen molar-refractivity contribution in [2.45, 2.75) is 111 Å². The Bertz CT molecular complexity index is 338. The van der Waals surface area contributed by atoms with Crippen LogP contribution in [0.5, 0.6) is 0 Å². The van der Waals surface area contributed by atoms with Crippen LogP contribution in [-0.4, -0.2) is 30.5 Å². The van der Waals surface area contributed by atoms with Crippen LogP contribution in [0.15, 0.2) is 0 Å². The van der Waals surface area contributed by atoms with Crippen LogP contribution in [0, 0.1) is 0 Å². The minimum atomic E-state index is -2.82. The third kappa shape index (κ3) is 23.6. The molecule has 0 fully saturated rings. The molecule has 0 saturated heterocycles. The number of hydrogen-bond donors (Lipinski definition) is 1. The monoisotopic (exact) mass is 408 g/mol. The van der Waals surface area contributed by atoms with Crippen LogP contribution < -0.4 is 0 Å². The lowest BCUT2D eigenvalue weighted by atomic mass is 10.1. The van der Waals surface area contributed by atoms with Gasteiger partial charge in [0.2, 0.25) is 0 Å². The van der Waals surface area contributed by atoms with E-state index in [0.29, 0.717) is 19.4 Å². The molecule has 0 aromatic rings. The third-order valence-electron chi connectivity index (χ3n) is 4.26. The van der Waals surface area contributed by atoms with E-state index in [9.17, 15) is 9.36 Å². The molecule has 0 aromatic carbocycles. The van der Waals surface area contributed by atoms with Gasteiger partial charge in [-0.1, -0.05) is 91.9 Å². The maximum atomic E-state index is 12.4. The molecule has 1 N–H and O–H groups in total. The number of carboxylic acids is 1. The smallest absolute Gasteiger partial charge is 0.330 e. The summed E-state index contributed by atoms with van der Waals surface area (Å²) in [6.45, 7) is 9.09. The zero-order valence-corrected chi connectivity index (χ0v) is 19.2. The Labute approximate surface area is 168 Å². The third-order valence-corrected chi connectivity index (χ3v) is 6.19. The Hall–Kier alpha value is -0.380. The van der Waals surface area contributed by atoms with Gasteiger partial charge in [0.1, 0.15) is 0 Å². The van der Waals surface area contributed by atoms with Gasteiger partial charge in [-0.15, -0.1) is 0 Å². The van der Waals surface area contributed by atoms with Gasteiger partial charge >= 0.3 is 13.6 Å². The van der Waals surface area contributed by atoms with Crippen molar-refractivity contribution in [3.8, 4) is 0 Å². The molecule has 164 valence electrons. The highest BCUT2D eigenvalue weighted by Gasteiger charge is 2.21. The van der Waals surface area contributed by atoms with Crippen LogP contribution in [-0.2, 0) is 18.4 Å². The molecule has 0 aliphatic heterocycles. The Kier molecular flexibility index (Phi) is 23.4. The Morgan fingerprint density at radius 1 is 0.704 bits per heavy atom. The predicted molar refractivity (Wildman–Crippen MR) is 115 cm³/mol. The van der Waals surface area contributed by atoms with E-state index in [0.717, 1.165) is 12.8 Å². The van der Waals surface area contributed by atoms with E-state index in [4.69, 9.17) is 14.2 Å². The highest BCUT2D eigenvalue weighted by molar-refractivity contribution is 7.53. The number of rotatable bonds is 18. The van der Waals surface area contributed by atoms with Crippen molar-refractivity contribution in [2.75, 3.05) is 19.4 Å². The van der Waals surface area contributed by atoms with Crippen LogP contribution in [0.3, 0.4) is 0 Å². The van der Waals surface area contributed by atoms with E-state index in [1.165, 1.54) is 64.2 Å². The first-order valence-corrected chi connectivity index (χ1v) is 12.8. The molecule has 0 saturated carbocycles. The maximum absolute atomic E-state index is 12.4. The second kappa shape index (κ2) is 21.9. The molecule has 0 aromatic heterocycles. The average Bonchev–Trinajstić information content (AvgIpc) is 2.67. The molecule has 27 heavy (non-hydrogen) atoms. The van der Waals surface area contributed by atoms with E-state index in [2.05, 4.69) is 13.8 Å². The molecule has 0 bridgehead atoms. The lowest BCUT2D eigenvalue weighted by Crippen LogP contribution is -2.01. The van der Waals surface area contributed by atoms with Crippen molar-refractivity contribution in [3.05, 3.63) is 0 Å². The second-order valence-electron chi connectivity index (χ2n) is 6.88. The van der Waals surface area contributed by atoms with Gasteiger partial charge in [-0.05, 0) is 12.8 Å². The van der Waals surface area contributed by atoms with E-state index in [1.807, 2.05) is 6.92 Å². The number of carboxylic acid groups (broad SMARTS) is 1. The van der Waals surface area contributed by atoms with Gasteiger partial charge in [0.05, 0.1) is 13.2 Å². The molecule has 6 heteroatoms. The van der Waals surface area contributed by atoms with Crippen LogP contribution in [0.25, 0.3) is 0 Å². The predicted octanol–water partition coefficient (Wildman–Crippen LogP) is 7.43. The fourth-order valence-corrected chi connectivity index (χ4v) is 3.65. The van der Waals surface area contributed by atoms with Crippen LogP contribution in [0.2, 0.25) is 0 Å².